The van der Waals surface area contributed by atoms with Gasteiger partial charge in [-0.25, -0.2) is 4.39 Å². The number of methoxy groups -OCH3 is 1. The minimum absolute atomic E-state index is 0.0307. The van der Waals surface area contributed by atoms with E-state index in [-0.39, 0.29) is 11.9 Å². The van der Waals surface area contributed by atoms with E-state index >= 15 is 0 Å². The van der Waals surface area contributed by atoms with E-state index in [1.54, 1.807) is 18.2 Å². The molecule has 0 bridgehead atoms. The fraction of sp³-hybridized carbons (Fsp3) is 0.571. The third kappa shape index (κ3) is 4.35. The first-order valence-electron chi connectivity index (χ1n) is 6.26. The van der Waals surface area contributed by atoms with E-state index in [4.69, 9.17) is 10.5 Å². The highest BCUT2D eigenvalue weighted by Gasteiger charge is 2.11. The number of hydrogen-bond donors (Lipinski definition) is 1. The molecule has 2 N–H and O–H groups in total. The molecule has 1 aromatic rings. The normalized spacial score (nSPS) is 12.5. The molecule has 0 aliphatic heterocycles. The first kappa shape index (κ1) is 14.0. The molecule has 1 rings (SSSR count). The zero-order valence-corrected chi connectivity index (χ0v) is 10.7. The molecule has 0 radical (unpaired) electrons. The standard InChI is InChI=1S/C14H22FNO/c1-3-4-5-8-12(16)10-11-7-6-9-13(17-2)14(11)15/h6-7,9,12H,3-5,8,10,16H2,1-2H3. The highest BCUT2D eigenvalue weighted by Crippen LogP contribution is 2.21. The minimum Gasteiger partial charge on any atom is -0.494 e. The quantitative estimate of drug-likeness (QED) is 0.741. The van der Waals surface area contributed by atoms with Crippen LogP contribution in [-0.4, -0.2) is 13.2 Å². The predicted octanol–water partition coefficient (Wildman–Crippen LogP) is 3.28. The van der Waals surface area contributed by atoms with Crippen LogP contribution >= 0.6 is 0 Å². The molecule has 0 aromatic heterocycles. The van der Waals surface area contributed by atoms with Crippen molar-refractivity contribution in [3.63, 3.8) is 0 Å². The lowest BCUT2D eigenvalue weighted by Crippen LogP contribution is -2.23. The van der Waals surface area contributed by atoms with Crippen molar-refractivity contribution < 1.29 is 9.13 Å². The average Bonchev–Trinajstić information content (AvgIpc) is 2.32. The van der Waals surface area contributed by atoms with E-state index in [2.05, 4.69) is 6.92 Å². The first-order valence-corrected chi connectivity index (χ1v) is 6.26. The summed E-state index contributed by atoms with van der Waals surface area (Å²) in [5.41, 5.74) is 6.65. The molecule has 1 atom stereocenters. The van der Waals surface area contributed by atoms with Crippen molar-refractivity contribution >= 4 is 0 Å². The average molecular weight is 239 g/mol. The van der Waals surface area contributed by atoms with Crippen molar-refractivity contribution in [2.24, 2.45) is 5.73 Å². The van der Waals surface area contributed by atoms with Gasteiger partial charge in [0, 0.05) is 6.04 Å². The zero-order chi connectivity index (χ0) is 12.7. The van der Waals surface area contributed by atoms with Gasteiger partial charge in [0.15, 0.2) is 11.6 Å². The second kappa shape index (κ2) is 7.28. The summed E-state index contributed by atoms with van der Waals surface area (Å²) in [6.07, 6.45) is 5.01. The Hall–Kier alpha value is -1.09. The fourth-order valence-electron chi connectivity index (χ4n) is 1.91. The maximum absolute atomic E-state index is 13.8. The molecule has 0 heterocycles. The summed E-state index contributed by atoms with van der Waals surface area (Å²) in [5.74, 6) is 0.0178. The number of halogens is 1. The Bertz CT molecular complexity index is 341. The van der Waals surface area contributed by atoms with Gasteiger partial charge in [-0.15, -0.1) is 0 Å². The molecule has 3 heteroatoms. The monoisotopic (exact) mass is 239 g/mol. The van der Waals surface area contributed by atoms with E-state index in [0.29, 0.717) is 17.7 Å². The Morgan fingerprint density at radius 3 is 2.76 bits per heavy atom. The molecule has 96 valence electrons. The third-order valence-corrected chi connectivity index (χ3v) is 2.92. The van der Waals surface area contributed by atoms with Crippen LogP contribution in [0.1, 0.15) is 38.2 Å². The van der Waals surface area contributed by atoms with Crippen molar-refractivity contribution in [1.29, 1.82) is 0 Å². The maximum Gasteiger partial charge on any atom is 0.168 e. The lowest BCUT2D eigenvalue weighted by atomic mass is 10.0. The summed E-state index contributed by atoms with van der Waals surface area (Å²) >= 11 is 0. The summed E-state index contributed by atoms with van der Waals surface area (Å²) in [5, 5.41) is 0. The molecule has 0 spiro atoms. The smallest absolute Gasteiger partial charge is 0.168 e. The number of hydrogen-bond acceptors (Lipinski definition) is 2. The van der Waals surface area contributed by atoms with Crippen molar-refractivity contribution in [1.82, 2.24) is 0 Å². The molecular formula is C14H22FNO. The van der Waals surface area contributed by atoms with Gasteiger partial charge in [-0.2, -0.15) is 0 Å². The van der Waals surface area contributed by atoms with Gasteiger partial charge in [0.1, 0.15) is 0 Å². The summed E-state index contributed by atoms with van der Waals surface area (Å²) in [7, 11) is 1.48. The van der Waals surface area contributed by atoms with Crippen LogP contribution in [0.3, 0.4) is 0 Å². The number of nitrogens with two attached hydrogens (primary N) is 1. The van der Waals surface area contributed by atoms with Crippen LogP contribution in [0.15, 0.2) is 18.2 Å². The molecule has 0 amide bonds. The predicted molar refractivity (Wildman–Crippen MR) is 68.8 cm³/mol. The van der Waals surface area contributed by atoms with Gasteiger partial charge in [0.25, 0.3) is 0 Å². The molecule has 0 saturated carbocycles. The van der Waals surface area contributed by atoms with Gasteiger partial charge in [-0.1, -0.05) is 38.3 Å². The Balaban J connectivity index is 2.55. The van der Waals surface area contributed by atoms with E-state index < -0.39 is 0 Å². The Labute approximate surface area is 103 Å². The van der Waals surface area contributed by atoms with E-state index in [1.165, 1.54) is 20.0 Å². The highest BCUT2D eigenvalue weighted by molar-refractivity contribution is 5.31. The molecule has 0 aliphatic carbocycles. The summed E-state index contributed by atoms with van der Waals surface area (Å²) in [6.45, 7) is 2.16. The lowest BCUT2D eigenvalue weighted by Gasteiger charge is -2.13. The zero-order valence-electron chi connectivity index (χ0n) is 10.7. The molecule has 0 saturated heterocycles. The van der Waals surface area contributed by atoms with E-state index in [1.807, 2.05) is 0 Å². The molecule has 2 nitrogen and oxygen atoms in total. The first-order chi connectivity index (χ1) is 8.19. The Morgan fingerprint density at radius 2 is 2.12 bits per heavy atom. The van der Waals surface area contributed by atoms with Crippen LogP contribution in [0.5, 0.6) is 5.75 Å². The van der Waals surface area contributed by atoms with Gasteiger partial charge in [-0.3, -0.25) is 0 Å². The lowest BCUT2D eigenvalue weighted by molar-refractivity contribution is 0.383. The number of unbranched alkanes of at least 4 members (excludes halogenated alkanes) is 2. The van der Waals surface area contributed by atoms with Gasteiger partial charge >= 0.3 is 0 Å². The highest BCUT2D eigenvalue weighted by atomic mass is 19.1. The molecule has 1 aromatic carbocycles. The molecule has 17 heavy (non-hydrogen) atoms. The van der Waals surface area contributed by atoms with Gasteiger partial charge in [0.2, 0.25) is 0 Å². The van der Waals surface area contributed by atoms with Crippen LogP contribution < -0.4 is 10.5 Å². The Kier molecular flexibility index (Phi) is 5.98. The minimum atomic E-state index is -0.277. The van der Waals surface area contributed by atoms with Gasteiger partial charge in [0.05, 0.1) is 7.11 Å². The Morgan fingerprint density at radius 1 is 1.35 bits per heavy atom. The van der Waals surface area contributed by atoms with Crippen molar-refractivity contribution in [3.05, 3.63) is 29.6 Å². The second-order valence-electron chi connectivity index (χ2n) is 4.39. The molecule has 1 unspecified atom stereocenters. The van der Waals surface area contributed by atoms with Crippen LogP contribution in [0.25, 0.3) is 0 Å². The van der Waals surface area contributed by atoms with Crippen LogP contribution in [0.4, 0.5) is 4.39 Å². The third-order valence-electron chi connectivity index (χ3n) is 2.92. The SMILES string of the molecule is CCCCCC(N)Cc1cccc(OC)c1F. The number of ether oxygens (including phenoxy) is 1. The topological polar surface area (TPSA) is 35.2 Å². The van der Waals surface area contributed by atoms with Crippen molar-refractivity contribution in [2.45, 2.75) is 45.1 Å². The van der Waals surface area contributed by atoms with Crippen LogP contribution in [0.2, 0.25) is 0 Å². The molecule has 0 fully saturated rings. The molecule has 0 aliphatic rings. The van der Waals surface area contributed by atoms with Crippen LogP contribution in [-0.2, 0) is 6.42 Å². The molecular weight excluding hydrogens is 217 g/mol. The second-order valence-corrected chi connectivity index (χ2v) is 4.39. The van der Waals surface area contributed by atoms with E-state index in [9.17, 15) is 4.39 Å². The van der Waals surface area contributed by atoms with Crippen LogP contribution in [0, 0.1) is 5.82 Å². The van der Waals surface area contributed by atoms with Gasteiger partial charge in [-0.05, 0) is 24.5 Å². The van der Waals surface area contributed by atoms with Gasteiger partial charge < -0.3 is 10.5 Å². The summed E-state index contributed by atoms with van der Waals surface area (Å²) in [4.78, 5) is 0. The fourth-order valence-corrected chi connectivity index (χ4v) is 1.91. The van der Waals surface area contributed by atoms with Crippen molar-refractivity contribution in [2.75, 3.05) is 7.11 Å². The summed E-state index contributed by atoms with van der Waals surface area (Å²) in [6, 6.07) is 5.23. The van der Waals surface area contributed by atoms with E-state index in [0.717, 1.165) is 12.8 Å². The summed E-state index contributed by atoms with van der Waals surface area (Å²) < 4.78 is 18.8. The maximum atomic E-state index is 13.8. The number of benzene rings is 1. The number of rotatable bonds is 7. The van der Waals surface area contributed by atoms with Crippen molar-refractivity contribution in [3.8, 4) is 5.75 Å². The largest absolute Gasteiger partial charge is 0.494 e.